The topological polar surface area (TPSA) is 96.6 Å². The first kappa shape index (κ1) is 16.0. The van der Waals surface area contributed by atoms with Crippen LogP contribution in [-0.2, 0) is 16.6 Å². The van der Waals surface area contributed by atoms with Crippen LogP contribution < -0.4 is 4.72 Å². The van der Waals surface area contributed by atoms with Gasteiger partial charge in [-0.25, -0.2) is 17.9 Å². The molecule has 6 nitrogen and oxygen atoms in total. The third-order valence-corrected chi connectivity index (χ3v) is 6.17. The molecule has 0 aliphatic carbocycles. The second kappa shape index (κ2) is 5.80. The summed E-state index contributed by atoms with van der Waals surface area (Å²) in [6.45, 7) is 3.09. The molecule has 0 saturated carbocycles. The number of thiophene rings is 1. The van der Waals surface area contributed by atoms with E-state index in [0.29, 0.717) is 9.90 Å². The van der Waals surface area contributed by atoms with Gasteiger partial charge in [0, 0.05) is 0 Å². The molecule has 0 saturated heterocycles. The van der Waals surface area contributed by atoms with Crippen LogP contribution >= 0.6 is 22.9 Å². The van der Waals surface area contributed by atoms with Crippen molar-refractivity contribution in [1.82, 2.24) is 4.72 Å². The minimum absolute atomic E-state index is 0.0132. The summed E-state index contributed by atoms with van der Waals surface area (Å²) in [5.41, 5.74) is 0.697. The largest absolute Gasteiger partial charge is 0.478 e. The average molecular weight is 350 g/mol. The van der Waals surface area contributed by atoms with Crippen LogP contribution in [0.1, 0.15) is 27.4 Å². The number of nitrogens with one attached hydrogen (secondary N) is 1. The summed E-state index contributed by atoms with van der Waals surface area (Å²) in [6.07, 6.45) is 0. The van der Waals surface area contributed by atoms with Crippen LogP contribution in [0.25, 0.3) is 0 Å². The summed E-state index contributed by atoms with van der Waals surface area (Å²) in [4.78, 5) is 10.9. The molecule has 2 heterocycles. The molecule has 21 heavy (non-hydrogen) atoms. The Labute approximate surface area is 130 Å². The number of carbonyl (C=O) groups is 1. The van der Waals surface area contributed by atoms with Gasteiger partial charge in [-0.2, -0.15) is 0 Å². The highest BCUT2D eigenvalue weighted by atomic mass is 35.5. The fraction of sp³-hybridized carbons (Fsp3) is 0.250. The van der Waals surface area contributed by atoms with Crippen molar-refractivity contribution in [2.75, 3.05) is 0 Å². The van der Waals surface area contributed by atoms with Gasteiger partial charge in [0.15, 0.2) is 0 Å². The number of aryl methyl sites for hydroxylation is 2. The molecule has 0 aliphatic rings. The fourth-order valence-corrected chi connectivity index (χ4v) is 4.39. The van der Waals surface area contributed by atoms with Crippen LogP contribution in [0.4, 0.5) is 0 Å². The van der Waals surface area contributed by atoms with Gasteiger partial charge in [0.2, 0.25) is 0 Å². The van der Waals surface area contributed by atoms with E-state index in [0.717, 1.165) is 11.3 Å². The third-order valence-electron chi connectivity index (χ3n) is 2.74. The zero-order chi connectivity index (χ0) is 15.8. The van der Waals surface area contributed by atoms with Crippen LogP contribution in [0.2, 0.25) is 4.34 Å². The lowest BCUT2D eigenvalue weighted by Gasteiger charge is -2.02. The quantitative estimate of drug-likeness (QED) is 0.865. The van der Waals surface area contributed by atoms with E-state index in [-0.39, 0.29) is 27.8 Å². The van der Waals surface area contributed by atoms with Gasteiger partial charge in [0.25, 0.3) is 10.0 Å². The van der Waals surface area contributed by atoms with Crippen molar-refractivity contribution in [3.8, 4) is 0 Å². The number of rotatable bonds is 5. The SMILES string of the molecule is Cc1cc(S(=O)(=O)NCc2cc(C(=O)O)c(C)o2)sc1Cl. The Morgan fingerprint density at radius 1 is 1.43 bits per heavy atom. The van der Waals surface area contributed by atoms with Gasteiger partial charge >= 0.3 is 5.97 Å². The number of hydrogen-bond acceptors (Lipinski definition) is 5. The molecule has 0 aliphatic heterocycles. The molecule has 114 valence electrons. The lowest BCUT2D eigenvalue weighted by Crippen LogP contribution is -2.22. The van der Waals surface area contributed by atoms with Gasteiger partial charge in [0.05, 0.1) is 10.9 Å². The Kier molecular flexibility index (Phi) is 4.43. The normalized spacial score (nSPS) is 11.8. The molecule has 9 heteroatoms. The number of furan rings is 1. The van der Waals surface area contributed by atoms with Crippen molar-refractivity contribution in [2.24, 2.45) is 0 Å². The van der Waals surface area contributed by atoms with Gasteiger partial charge in [-0.15, -0.1) is 11.3 Å². The van der Waals surface area contributed by atoms with Crippen molar-refractivity contribution >= 4 is 38.9 Å². The second-order valence-corrected chi connectivity index (χ2v) is 7.98. The fourth-order valence-electron chi connectivity index (χ4n) is 1.64. The maximum Gasteiger partial charge on any atom is 0.339 e. The lowest BCUT2D eigenvalue weighted by molar-refractivity contribution is 0.0695. The predicted octanol–water partition coefficient (Wildman–Crippen LogP) is 2.79. The number of aromatic carboxylic acids is 1. The van der Waals surface area contributed by atoms with Crippen LogP contribution in [0, 0.1) is 13.8 Å². The zero-order valence-corrected chi connectivity index (χ0v) is 13.5. The highest BCUT2D eigenvalue weighted by molar-refractivity contribution is 7.91. The van der Waals surface area contributed by atoms with Crippen molar-refractivity contribution in [3.63, 3.8) is 0 Å². The summed E-state index contributed by atoms with van der Waals surface area (Å²) >= 11 is 6.81. The molecule has 2 aromatic heterocycles. The summed E-state index contributed by atoms with van der Waals surface area (Å²) in [5, 5.41) is 8.91. The molecule has 0 bridgehead atoms. The van der Waals surface area contributed by atoms with Crippen LogP contribution in [0.5, 0.6) is 0 Å². The molecular weight excluding hydrogens is 338 g/mol. The maximum absolute atomic E-state index is 12.1. The lowest BCUT2D eigenvalue weighted by atomic mass is 10.2. The second-order valence-electron chi connectivity index (χ2n) is 4.33. The van der Waals surface area contributed by atoms with Gasteiger partial charge in [0.1, 0.15) is 21.3 Å². The number of hydrogen-bond donors (Lipinski definition) is 2. The molecule has 2 rings (SSSR count). The summed E-state index contributed by atoms with van der Waals surface area (Å²) < 4.78 is 32.2. The highest BCUT2D eigenvalue weighted by Crippen LogP contribution is 2.30. The molecule has 0 amide bonds. The number of carboxylic acid groups (broad SMARTS) is 1. The summed E-state index contributed by atoms with van der Waals surface area (Å²) in [6, 6.07) is 2.78. The first-order valence-corrected chi connectivity index (χ1v) is 8.46. The van der Waals surface area contributed by atoms with Crippen molar-refractivity contribution in [3.05, 3.63) is 39.1 Å². The summed E-state index contributed by atoms with van der Waals surface area (Å²) in [7, 11) is -3.71. The van der Waals surface area contributed by atoms with E-state index in [2.05, 4.69) is 4.72 Å². The monoisotopic (exact) mass is 349 g/mol. The van der Waals surface area contributed by atoms with E-state index in [4.69, 9.17) is 21.1 Å². The molecule has 0 atom stereocenters. The average Bonchev–Trinajstić information content (AvgIpc) is 2.92. The highest BCUT2D eigenvalue weighted by Gasteiger charge is 2.20. The van der Waals surface area contributed by atoms with E-state index in [1.807, 2.05) is 0 Å². The van der Waals surface area contributed by atoms with Crippen molar-refractivity contribution in [2.45, 2.75) is 24.6 Å². The third kappa shape index (κ3) is 3.46. The van der Waals surface area contributed by atoms with Gasteiger partial charge in [-0.05, 0) is 31.5 Å². The van der Waals surface area contributed by atoms with Crippen molar-refractivity contribution < 1.29 is 22.7 Å². The minimum atomic E-state index is -3.71. The minimum Gasteiger partial charge on any atom is -0.478 e. The van der Waals surface area contributed by atoms with Crippen LogP contribution in [0.15, 0.2) is 20.8 Å². The van der Waals surface area contributed by atoms with E-state index >= 15 is 0 Å². The van der Waals surface area contributed by atoms with E-state index in [1.165, 1.54) is 19.1 Å². The predicted molar refractivity (Wildman–Crippen MR) is 78.5 cm³/mol. The number of carboxylic acids is 1. The molecule has 2 N–H and O–H groups in total. The van der Waals surface area contributed by atoms with Gasteiger partial charge < -0.3 is 9.52 Å². The van der Waals surface area contributed by atoms with E-state index in [9.17, 15) is 13.2 Å². The Morgan fingerprint density at radius 2 is 2.10 bits per heavy atom. The zero-order valence-electron chi connectivity index (χ0n) is 11.1. The molecule has 0 unspecified atom stereocenters. The first-order chi connectivity index (χ1) is 9.70. The van der Waals surface area contributed by atoms with Crippen molar-refractivity contribution in [1.29, 1.82) is 0 Å². The molecule has 0 aromatic carbocycles. The smallest absolute Gasteiger partial charge is 0.339 e. The first-order valence-electron chi connectivity index (χ1n) is 5.79. The molecule has 0 radical (unpaired) electrons. The molecule has 0 spiro atoms. The molecule has 2 aromatic rings. The Balaban J connectivity index is 2.15. The van der Waals surface area contributed by atoms with Gasteiger partial charge in [-0.3, -0.25) is 0 Å². The Bertz CT molecular complexity index is 771. The van der Waals surface area contributed by atoms with Crippen LogP contribution in [0.3, 0.4) is 0 Å². The number of halogens is 1. The maximum atomic E-state index is 12.1. The van der Waals surface area contributed by atoms with Gasteiger partial charge in [-0.1, -0.05) is 11.6 Å². The molecule has 0 fully saturated rings. The van der Waals surface area contributed by atoms with Crippen LogP contribution in [-0.4, -0.2) is 19.5 Å². The van der Waals surface area contributed by atoms with E-state index in [1.54, 1.807) is 6.92 Å². The summed E-state index contributed by atoms with van der Waals surface area (Å²) in [5.74, 6) is -0.661. The Hall–Kier alpha value is -1.35. The van der Waals surface area contributed by atoms with E-state index < -0.39 is 16.0 Å². The molecular formula is C12H12ClNO5S2. The Morgan fingerprint density at radius 3 is 2.57 bits per heavy atom. The number of sulfonamides is 1. The standard InChI is InChI=1S/C12H12ClNO5S2/c1-6-3-10(20-11(6)13)21(17,18)14-5-8-4-9(12(15)16)7(2)19-8/h3-4,14H,5H2,1-2H3,(H,15,16).